The Bertz CT molecular complexity index is 428. The maximum absolute atomic E-state index is 11.5. The van der Waals surface area contributed by atoms with Crippen molar-refractivity contribution in [2.75, 3.05) is 19.8 Å². The van der Waals surface area contributed by atoms with Crippen LogP contribution in [0.25, 0.3) is 0 Å². The van der Waals surface area contributed by atoms with Crippen LogP contribution >= 0.6 is 0 Å². The Hall–Kier alpha value is -2.04. The van der Waals surface area contributed by atoms with Gasteiger partial charge in [0, 0.05) is 0 Å². The molecule has 0 aliphatic heterocycles. The zero-order chi connectivity index (χ0) is 14.1. The van der Waals surface area contributed by atoms with Gasteiger partial charge >= 0.3 is 11.9 Å². The van der Waals surface area contributed by atoms with Crippen LogP contribution in [-0.2, 0) is 14.3 Å². The van der Waals surface area contributed by atoms with Gasteiger partial charge in [0.05, 0.1) is 18.8 Å². The largest absolute Gasteiger partial charge is 0.482 e. The molecule has 0 spiro atoms. The van der Waals surface area contributed by atoms with E-state index in [0.717, 1.165) is 6.42 Å². The standard InChI is InChI=1S/C14H18O5/c1-3-8-18-13(15)10-19-12-7-5-6-11(9-12)14(16)17-4-2/h5-7,9H,3-4,8,10H2,1-2H3. The van der Waals surface area contributed by atoms with Crippen molar-refractivity contribution in [3.05, 3.63) is 29.8 Å². The number of carbonyl (C=O) groups excluding carboxylic acids is 2. The maximum atomic E-state index is 11.5. The third-order valence-electron chi connectivity index (χ3n) is 2.17. The van der Waals surface area contributed by atoms with Crippen molar-refractivity contribution in [2.45, 2.75) is 20.3 Å². The molecule has 0 aromatic heterocycles. The van der Waals surface area contributed by atoms with Crippen molar-refractivity contribution in [2.24, 2.45) is 0 Å². The summed E-state index contributed by atoms with van der Waals surface area (Å²) < 4.78 is 15.0. The topological polar surface area (TPSA) is 61.8 Å². The summed E-state index contributed by atoms with van der Waals surface area (Å²) in [6.45, 7) is 4.17. The van der Waals surface area contributed by atoms with Gasteiger partial charge in [-0.3, -0.25) is 0 Å². The monoisotopic (exact) mass is 266 g/mol. The third kappa shape index (κ3) is 5.42. The van der Waals surface area contributed by atoms with Crippen LogP contribution in [0.1, 0.15) is 30.6 Å². The Morgan fingerprint density at radius 2 is 1.95 bits per heavy atom. The van der Waals surface area contributed by atoms with E-state index in [0.29, 0.717) is 24.5 Å². The molecule has 0 N–H and O–H groups in total. The minimum Gasteiger partial charge on any atom is -0.482 e. The minimum absolute atomic E-state index is 0.174. The summed E-state index contributed by atoms with van der Waals surface area (Å²) in [7, 11) is 0. The van der Waals surface area contributed by atoms with Gasteiger partial charge in [-0.2, -0.15) is 0 Å². The summed E-state index contributed by atoms with van der Waals surface area (Å²) >= 11 is 0. The molecule has 1 aromatic rings. The van der Waals surface area contributed by atoms with Gasteiger partial charge in [0.1, 0.15) is 5.75 Å². The zero-order valence-corrected chi connectivity index (χ0v) is 11.2. The Morgan fingerprint density at radius 3 is 2.63 bits per heavy atom. The molecule has 0 aliphatic rings. The van der Waals surface area contributed by atoms with Crippen LogP contribution in [0.5, 0.6) is 5.75 Å². The van der Waals surface area contributed by atoms with Crippen molar-refractivity contribution in [3.63, 3.8) is 0 Å². The first-order valence-electron chi connectivity index (χ1n) is 6.23. The fraction of sp³-hybridized carbons (Fsp3) is 0.429. The SMILES string of the molecule is CCCOC(=O)COc1cccc(C(=O)OCC)c1. The van der Waals surface area contributed by atoms with Gasteiger partial charge in [0.25, 0.3) is 0 Å². The molecule has 104 valence electrons. The lowest BCUT2D eigenvalue weighted by Crippen LogP contribution is -2.15. The number of ether oxygens (including phenoxy) is 3. The first-order valence-corrected chi connectivity index (χ1v) is 6.23. The van der Waals surface area contributed by atoms with Gasteiger partial charge in [-0.1, -0.05) is 13.0 Å². The van der Waals surface area contributed by atoms with Gasteiger partial charge in [-0.15, -0.1) is 0 Å². The molecule has 0 bridgehead atoms. The van der Waals surface area contributed by atoms with Gasteiger partial charge < -0.3 is 14.2 Å². The van der Waals surface area contributed by atoms with Crippen LogP contribution in [0, 0.1) is 0 Å². The smallest absolute Gasteiger partial charge is 0.344 e. The van der Waals surface area contributed by atoms with E-state index in [-0.39, 0.29) is 6.61 Å². The quantitative estimate of drug-likeness (QED) is 0.708. The number of hydrogen-bond acceptors (Lipinski definition) is 5. The normalized spacial score (nSPS) is 9.79. The predicted octanol–water partition coefficient (Wildman–Crippen LogP) is 2.20. The summed E-state index contributed by atoms with van der Waals surface area (Å²) in [5.41, 5.74) is 0.390. The van der Waals surface area contributed by atoms with E-state index < -0.39 is 11.9 Å². The van der Waals surface area contributed by atoms with Crippen LogP contribution in [0.3, 0.4) is 0 Å². The molecule has 0 atom stereocenters. The lowest BCUT2D eigenvalue weighted by atomic mass is 10.2. The molecule has 0 saturated heterocycles. The first-order chi connectivity index (χ1) is 9.17. The average molecular weight is 266 g/mol. The highest BCUT2D eigenvalue weighted by Gasteiger charge is 2.08. The second-order valence-electron chi connectivity index (χ2n) is 3.76. The van der Waals surface area contributed by atoms with Gasteiger partial charge in [0.15, 0.2) is 6.61 Å². The van der Waals surface area contributed by atoms with E-state index in [1.165, 1.54) is 6.07 Å². The predicted molar refractivity (Wildman–Crippen MR) is 69.1 cm³/mol. The molecule has 0 unspecified atom stereocenters. The third-order valence-corrected chi connectivity index (χ3v) is 2.17. The maximum Gasteiger partial charge on any atom is 0.344 e. The molecule has 1 rings (SSSR count). The highest BCUT2D eigenvalue weighted by Crippen LogP contribution is 2.14. The fourth-order valence-electron chi connectivity index (χ4n) is 1.33. The van der Waals surface area contributed by atoms with E-state index in [2.05, 4.69) is 0 Å². The van der Waals surface area contributed by atoms with E-state index in [1.54, 1.807) is 25.1 Å². The minimum atomic E-state index is -0.427. The van der Waals surface area contributed by atoms with E-state index in [4.69, 9.17) is 14.2 Å². The van der Waals surface area contributed by atoms with E-state index in [1.807, 2.05) is 6.92 Å². The van der Waals surface area contributed by atoms with Crippen molar-refractivity contribution in [1.29, 1.82) is 0 Å². The number of esters is 2. The number of hydrogen-bond donors (Lipinski definition) is 0. The van der Waals surface area contributed by atoms with Crippen molar-refractivity contribution < 1.29 is 23.8 Å². The summed E-state index contributed by atoms with van der Waals surface area (Å²) in [6, 6.07) is 6.49. The Kier molecular flexibility index (Phi) is 6.43. The van der Waals surface area contributed by atoms with Gasteiger partial charge in [-0.25, -0.2) is 9.59 Å². The average Bonchev–Trinajstić information content (AvgIpc) is 2.43. The highest BCUT2D eigenvalue weighted by atomic mass is 16.6. The van der Waals surface area contributed by atoms with Crippen LogP contribution in [-0.4, -0.2) is 31.8 Å². The summed E-state index contributed by atoms with van der Waals surface area (Å²) in [4.78, 5) is 22.8. The molecule has 0 fully saturated rings. The van der Waals surface area contributed by atoms with Crippen LogP contribution in [0.2, 0.25) is 0 Å². The van der Waals surface area contributed by atoms with Crippen LogP contribution in [0.4, 0.5) is 0 Å². The highest BCUT2D eigenvalue weighted by molar-refractivity contribution is 5.89. The molecule has 0 aliphatic carbocycles. The van der Waals surface area contributed by atoms with E-state index in [9.17, 15) is 9.59 Å². The Balaban J connectivity index is 2.52. The molecule has 0 heterocycles. The molecule has 5 heteroatoms. The van der Waals surface area contributed by atoms with Crippen molar-refractivity contribution in [3.8, 4) is 5.75 Å². The van der Waals surface area contributed by atoms with E-state index >= 15 is 0 Å². The number of rotatable bonds is 7. The van der Waals surface area contributed by atoms with Gasteiger partial charge in [-0.05, 0) is 31.5 Å². The molecule has 0 radical (unpaired) electrons. The molecule has 19 heavy (non-hydrogen) atoms. The first kappa shape index (κ1) is 15.0. The molecule has 0 amide bonds. The van der Waals surface area contributed by atoms with Crippen LogP contribution < -0.4 is 4.74 Å². The lowest BCUT2D eigenvalue weighted by Gasteiger charge is -2.07. The number of carbonyl (C=O) groups is 2. The molecular formula is C14H18O5. The van der Waals surface area contributed by atoms with Crippen LogP contribution in [0.15, 0.2) is 24.3 Å². The lowest BCUT2D eigenvalue weighted by molar-refractivity contribution is -0.146. The molecule has 5 nitrogen and oxygen atoms in total. The summed E-state index contributed by atoms with van der Waals surface area (Å²) in [6.07, 6.45) is 0.768. The van der Waals surface area contributed by atoms with Crippen molar-refractivity contribution in [1.82, 2.24) is 0 Å². The Morgan fingerprint density at radius 1 is 1.16 bits per heavy atom. The second-order valence-corrected chi connectivity index (χ2v) is 3.76. The summed E-state index contributed by atoms with van der Waals surface area (Å²) in [5.74, 6) is -0.413. The van der Waals surface area contributed by atoms with Crippen molar-refractivity contribution >= 4 is 11.9 Å². The number of benzene rings is 1. The summed E-state index contributed by atoms with van der Waals surface area (Å²) in [5, 5.41) is 0. The molecule has 0 saturated carbocycles. The zero-order valence-electron chi connectivity index (χ0n) is 11.2. The Labute approximate surface area is 112 Å². The fourth-order valence-corrected chi connectivity index (χ4v) is 1.33. The molecule has 1 aromatic carbocycles. The molecular weight excluding hydrogens is 248 g/mol. The second kappa shape index (κ2) is 8.13. The van der Waals surface area contributed by atoms with Gasteiger partial charge in [0.2, 0.25) is 0 Å².